The normalized spacial score (nSPS) is 15.6. The number of nitriles is 1. The van der Waals surface area contributed by atoms with Gasteiger partial charge in [0.1, 0.15) is 24.2 Å². The summed E-state index contributed by atoms with van der Waals surface area (Å²) in [7, 11) is 0. The molecule has 5 rings (SSSR count). The summed E-state index contributed by atoms with van der Waals surface area (Å²) < 4.78 is 20.4. The predicted molar refractivity (Wildman–Crippen MR) is 155 cm³/mol. The molecule has 43 heavy (non-hydrogen) atoms. The van der Waals surface area contributed by atoms with E-state index in [4.69, 9.17) is 20.8 Å². The van der Waals surface area contributed by atoms with Crippen molar-refractivity contribution < 1.29 is 28.6 Å². The first-order valence-corrected chi connectivity index (χ1v) is 14.6. The van der Waals surface area contributed by atoms with E-state index in [-0.39, 0.29) is 37.1 Å². The van der Waals surface area contributed by atoms with Gasteiger partial charge in [0.25, 0.3) is 5.91 Å². The van der Waals surface area contributed by atoms with Crippen molar-refractivity contribution in [1.29, 1.82) is 5.26 Å². The van der Waals surface area contributed by atoms with E-state index in [1.165, 1.54) is 11.0 Å². The van der Waals surface area contributed by atoms with Gasteiger partial charge >= 0.3 is 5.97 Å². The van der Waals surface area contributed by atoms with Crippen LogP contribution in [0.3, 0.4) is 0 Å². The molecule has 222 valence electrons. The van der Waals surface area contributed by atoms with E-state index in [0.717, 1.165) is 18.4 Å². The lowest BCUT2D eigenvalue weighted by molar-refractivity contribution is -0.137. The van der Waals surface area contributed by atoms with Crippen LogP contribution >= 0.6 is 11.8 Å². The number of hydrogen-bond donors (Lipinski definition) is 2. The van der Waals surface area contributed by atoms with E-state index in [2.05, 4.69) is 9.97 Å². The third kappa shape index (κ3) is 6.86. The molecule has 1 aromatic heterocycles. The second-order valence-corrected chi connectivity index (χ2v) is 11.6. The molecule has 0 aliphatic carbocycles. The molecular formula is C30H29FN6O5S. The molecule has 1 saturated heterocycles. The van der Waals surface area contributed by atoms with Gasteiger partial charge in [0, 0.05) is 53.8 Å². The number of hydrogen-bond acceptors (Lipinski definition) is 9. The number of carboxylic acid groups (broad SMARTS) is 1. The highest BCUT2D eigenvalue weighted by atomic mass is 32.2. The van der Waals surface area contributed by atoms with E-state index in [1.54, 1.807) is 54.5 Å². The number of anilines is 1. The van der Waals surface area contributed by atoms with Gasteiger partial charge in [0.05, 0.1) is 23.9 Å². The van der Waals surface area contributed by atoms with Gasteiger partial charge in [-0.1, -0.05) is 17.8 Å². The number of benzene rings is 2. The summed E-state index contributed by atoms with van der Waals surface area (Å²) in [5, 5.41) is 18.9. The third-order valence-electron chi connectivity index (χ3n) is 7.50. The molecule has 2 aliphatic heterocycles. The number of aromatic nitrogens is 2. The quantitative estimate of drug-likeness (QED) is 0.310. The van der Waals surface area contributed by atoms with Gasteiger partial charge in [-0.25, -0.2) is 14.4 Å². The van der Waals surface area contributed by atoms with E-state index < -0.39 is 23.8 Å². The number of carbonyl (C=O) groups is 3. The molecule has 0 spiro atoms. The standard InChI is InChI=1S/C30H29FN6O5S/c31-23-12-18(13-32)4-5-24(23)36-10-8-20(9-11-36)43-30-34-14-19(15-35-30)17-42-26-3-1-2-21-22(26)16-37(29(21)41)25(28(33)40)6-7-27(38)39/h1-5,12,14-15,20,25H,6-11,16-17H2,(H2,33,40)(H,38,39)/t25-/m0/s1. The summed E-state index contributed by atoms with van der Waals surface area (Å²) in [6, 6.07) is 10.5. The molecule has 1 atom stereocenters. The zero-order valence-corrected chi connectivity index (χ0v) is 23.9. The summed E-state index contributed by atoms with van der Waals surface area (Å²) in [4.78, 5) is 48.3. The number of thioether (sulfide) groups is 1. The monoisotopic (exact) mass is 604 g/mol. The molecule has 0 saturated carbocycles. The van der Waals surface area contributed by atoms with Crippen molar-refractivity contribution in [2.75, 3.05) is 18.0 Å². The molecule has 3 heterocycles. The van der Waals surface area contributed by atoms with Crippen LogP contribution < -0.4 is 15.4 Å². The molecule has 3 N–H and O–H groups in total. The topological polar surface area (TPSA) is 163 Å². The first-order chi connectivity index (χ1) is 20.7. The lowest BCUT2D eigenvalue weighted by atomic mass is 10.1. The van der Waals surface area contributed by atoms with Crippen LogP contribution in [0.5, 0.6) is 5.75 Å². The maximum Gasteiger partial charge on any atom is 0.303 e. The third-order valence-corrected chi connectivity index (χ3v) is 8.72. The van der Waals surface area contributed by atoms with Gasteiger partial charge in [0.15, 0.2) is 5.16 Å². The smallest absolute Gasteiger partial charge is 0.303 e. The molecular weight excluding hydrogens is 575 g/mol. The number of rotatable bonds is 11. The number of halogens is 1. The van der Waals surface area contributed by atoms with Crippen LogP contribution in [0, 0.1) is 17.1 Å². The van der Waals surface area contributed by atoms with E-state index in [9.17, 15) is 18.8 Å². The number of amides is 2. The fourth-order valence-electron chi connectivity index (χ4n) is 5.26. The molecule has 0 unspecified atom stereocenters. The Morgan fingerprint density at radius 1 is 1.21 bits per heavy atom. The largest absolute Gasteiger partial charge is 0.488 e. The summed E-state index contributed by atoms with van der Waals surface area (Å²) in [6.45, 7) is 1.61. The fraction of sp³-hybridized carbons (Fsp3) is 0.333. The highest BCUT2D eigenvalue weighted by Gasteiger charge is 2.37. The fourth-order valence-corrected chi connectivity index (χ4v) is 6.23. The lowest BCUT2D eigenvalue weighted by Gasteiger charge is -2.33. The van der Waals surface area contributed by atoms with E-state index in [0.29, 0.717) is 46.4 Å². The maximum atomic E-state index is 14.4. The first kappa shape index (κ1) is 29.8. The van der Waals surface area contributed by atoms with E-state index >= 15 is 0 Å². The number of nitrogens with two attached hydrogens (primary N) is 1. The Labute approximate surface area is 251 Å². The van der Waals surface area contributed by atoms with Crippen LogP contribution in [0.1, 0.15) is 52.7 Å². The Morgan fingerprint density at radius 3 is 2.60 bits per heavy atom. The molecule has 0 bridgehead atoms. The summed E-state index contributed by atoms with van der Waals surface area (Å²) in [5.41, 5.74) is 8.02. The Morgan fingerprint density at radius 2 is 1.95 bits per heavy atom. The minimum absolute atomic E-state index is 0.0723. The van der Waals surface area contributed by atoms with Crippen molar-refractivity contribution in [2.45, 2.75) is 55.3 Å². The second-order valence-electron chi connectivity index (χ2n) is 10.3. The zero-order chi connectivity index (χ0) is 30.5. The average molecular weight is 605 g/mol. The number of nitrogens with zero attached hydrogens (tertiary/aromatic N) is 5. The molecule has 2 amide bonds. The van der Waals surface area contributed by atoms with Crippen LogP contribution in [-0.4, -0.2) is 62.1 Å². The van der Waals surface area contributed by atoms with Crippen molar-refractivity contribution in [3.8, 4) is 11.8 Å². The Bertz CT molecular complexity index is 1570. The number of carboxylic acids is 1. The van der Waals surface area contributed by atoms with Gasteiger partial charge in [-0.05, 0) is 49.6 Å². The van der Waals surface area contributed by atoms with Crippen molar-refractivity contribution in [3.63, 3.8) is 0 Å². The maximum absolute atomic E-state index is 14.4. The molecule has 2 aromatic carbocycles. The van der Waals surface area contributed by atoms with Crippen molar-refractivity contribution in [2.24, 2.45) is 5.73 Å². The Balaban J connectivity index is 1.15. The van der Waals surface area contributed by atoms with Gasteiger partial charge < -0.3 is 25.4 Å². The predicted octanol–water partition coefficient (Wildman–Crippen LogP) is 3.50. The number of fused-ring (bicyclic) bond motifs is 1. The number of ether oxygens (including phenoxy) is 1. The minimum atomic E-state index is -1.08. The van der Waals surface area contributed by atoms with Gasteiger partial charge in [-0.2, -0.15) is 5.26 Å². The highest BCUT2D eigenvalue weighted by molar-refractivity contribution is 7.99. The van der Waals surface area contributed by atoms with Crippen molar-refractivity contribution in [3.05, 3.63) is 76.9 Å². The van der Waals surface area contributed by atoms with Crippen LogP contribution in [0.15, 0.2) is 53.9 Å². The molecule has 0 radical (unpaired) electrons. The number of piperidine rings is 1. The minimum Gasteiger partial charge on any atom is -0.488 e. The van der Waals surface area contributed by atoms with E-state index in [1.807, 2.05) is 11.0 Å². The lowest BCUT2D eigenvalue weighted by Crippen LogP contribution is -2.45. The van der Waals surface area contributed by atoms with Crippen LogP contribution in [-0.2, 0) is 22.7 Å². The molecule has 3 aromatic rings. The van der Waals surface area contributed by atoms with Gasteiger partial charge in [-0.15, -0.1) is 0 Å². The van der Waals surface area contributed by atoms with Crippen molar-refractivity contribution in [1.82, 2.24) is 14.9 Å². The van der Waals surface area contributed by atoms with Crippen LogP contribution in [0.4, 0.5) is 10.1 Å². The zero-order valence-electron chi connectivity index (χ0n) is 23.1. The Kier molecular flexibility index (Phi) is 9.06. The van der Waals surface area contributed by atoms with Gasteiger partial charge in [0.2, 0.25) is 5.91 Å². The average Bonchev–Trinajstić information content (AvgIpc) is 3.33. The van der Waals surface area contributed by atoms with Gasteiger partial charge in [-0.3, -0.25) is 14.4 Å². The summed E-state index contributed by atoms with van der Waals surface area (Å²) in [6.07, 6.45) is 4.68. The second kappa shape index (κ2) is 13.1. The first-order valence-electron chi connectivity index (χ1n) is 13.7. The highest BCUT2D eigenvalue weighted by Crippen LogP contribution is 2.34. The summed E-state index contributed by atoms with van der Waals surface area (Å²) in [5.74, 6) is -2.15. The summed E-state index contributed by atoms with van der Waals surface area (Å²) >= 11 is 1.58. The SMILES string of the molecule is N#Cc1ccc(N2CCC(Sc3ncc(COc4cccc5c4CN([C@@H](CCC(=O)O)C(N)=O)C5=O)cn3)CC2)c(F)c1. The Hall–Kier alpha value is -4.70. The number of aliphatic carboxylic acids is 1. The molecule has 1 fully saturated rings. The molecule has 11 nitrogen and oxygen atoms in total. The number of carbonyl (C=O) groups excluding carboxylic acids is 2. The number of primary amides is 1. The van der Waals surface area contributed by atoms with Crippen molar-refractivity contribution >= 4 is 35.2 Å². The van der Waals surface area contributed by atoms with Crippen LogP contribution in [0.2, 0.25) is 0 Å². The van der Waals surface area contributed by atoms with Crippen LogP contribution in [0.25, 0.3) is 0 Å². The molecule has 13 heteroatoms. The molecule has 2 aliphatic rings.